The molecule has 0 radical (unpaired) electrons. The van der Waals surface area contributed by atoms with E-state index in [-0.39, 0.29) is 35.8 Å². The minimum absolute atomic E-state index is 0. The van der Waals surface area contributed by atoms with E-state index in [2.05, 4.69) is 26.9 Å². The van der Waals surface area contributed by atoms with Crippen LogP contribution in [0.2, 0.25) is 0 Å². The summed E-state index contributed by atoms with van der Waals surface area (Å²) in [4.78, 5) is 4.25. The fourth-order valence-electron chi connectivity index (χ4n) is 2.90. The molecule has 0 saturated carbocycles. The standard InChI is InChI=1S/C23H32N4O3S.HI/c1-5-14-30-22-9-7-6-8-21(22)16-26-23(24-4)25-15-19-10-12-20(13-11-19)17-31(28,29)27-18(2)3;/h5-13,18,27H,1,14-17H2,2-4H3,(H2,24,25,26);1H. The number of halogens is 1. The monoisotopic (exact) mass is 572 g/mol. The number of hydrogen-bond acceptors (Lipinski definition) is 4. The zero-order chi connectivity index (χ0) is 22.7. The number of para-hydroxylation sites is 1. The molecule has 7 nitrogen and oxygen atoms in total. The molecule has 32 heavy (non-hydrogen) atoms. The lowest BCUT2D eigenvalue weighted by Crippen LogP contribution is -2.36. The van der Waals surface area contributed by atoms with Gasteiger partial charge in [0.2, 0.25) is 10.0 Å². The Morgan fingerprint density at radius 1 is 1.06 bits per heavy atom. The summed E-state index contributed by atoms with van der Waals surface area (Å²) in [6.07, 6.45) is 1.71. The van der Waals surface area contributed by atoms with Crippen LogP contribution in [-0.4, -0.2) is 34.1 Å². The molecule has 0 amide bonds. The summed E-state index contributed by atoms with van der Waals surface area (Å²) >= 11 is 0. The van der Waals surface area contributed by atoms with E-state index in [0.29, 0.717) is 25.7 Å². The third-order valence-electron chi connectivity index (χ3n) is 4.25. The molecule has 2 aromatic rings. The number of hydrogen-bond donors (Lipinski definition) is 3. The topological polar surface area (TPSA) is 91.8 Å². The molecule has 2 rings (SSSR count). The van der Waals surface area contributed by atoms with Crippen LogP contribution in [-0.2, 0) is 28.9 Å². The molecule has 2 aromatic carbocycles. The lowest BCUT2D eigenvalue weighted by molar-refractivity contribution is 0.358. The van der Waals surface area contributed by atoms with E-state index >= 15 is 0 Å². The van der Waals surface area contributed by atoms with E-state index in [1.165, 1.54) is 0 Å². The lowest BCUT2D eigenvalue weighted by atomic mass is 10.1. The van der Waals surface area contributed by atoms with Crippen molar-refractivity contribution in [3.8, 4) is 5.75 Å². The van der Waals surface area contributed by atoms with Gasteiger partial charge in [-0.05, 0) is 31.0 Å². The SMILES string of the molecule is C=CCOc1ccccc1CNC(=NC)NCc1ccc(CS(=O)(=O)NC(C)C)cc1.I. The van der Waals surface area contributed by atoms with Crippen molar-refractivity contribution in [2.45, 2.75) is 38.7 Å². The lowest BCUT2D eigenvalue weighted by Gasteiger charge is -2.14. The normalized spacial score (nSPS) is 11.6. The van der Waals surface area contributed by atoms with Crippen LogP contribution < -0.4 is 20.1 Å². The van der Waals surface area contributed by atoms with Gasteiger partial charge in [-0.25, -0.2) is 13.1 Å². The molecule has 0 fully saturated rings. The predicted octanol–water partition coefficient (Wildman–Crippen LogP) is 3.56. The van der Waals surface area contributed by atoms with Gasteiger partial charge in [0, 0.05) is 31.7 Å². The Balaban J connectivity index is 0.00000512. The van der Waals surface area contributed by atoms with Crippen molar-refractivity contribution < 1.29 is 13.2 Å². The number of nitrogens with zero attached hydrogens (tertiary/aromatic N) is 1. The fraction of sp³-hybridized carbons (Fsp3) is 0.348. The van der Waals surface area contributed by atoms with Crippen molar-refractivity contribution in [3.05, 3.63) is 77.9 Å². The van der Waals surface area contributed by atoms with Crippen LogP contribution in [0.3, 0.4) is 0 Å². The van der Waals surface area contributed by atoms with E-state index in [4.69, 9.17) is 4.74 Å². The predicted molar refractivity (Wildman–Crippen MR) is 142 cm³/mol. The Hall–Kier alpha value is -2.11. The summed E-state index contributed by atoms with van der Waals surface area (Å²) in [5, 5.41) is 6.54. The molecule has 0 aliphatic carbocycles. The minimum Gasteiger partial charge on any atom is -0.489 e. The fourth-order valence-corrected chi connectivity index (χ4v) is 4.33. The van der Waals surface area contributed by atoms with Crippen molar-refractivity contribution in [1.29, 1.82) is 0 Å². The summed E-state index contributed by atoms with van der Waals surface area (Å²) in [5.41, 5.74) is 2.79. The van der Waals surface area contributed by atoms with E-state index in [0.717, 1.165) is 22.4 Å². The van der Waals surface area contributed by atoms with Crippen molar-refractivity contribution in [1.82, 2.24) is 15.4 Å². The summed E-state index contributed by atoms with van der Waals surface area (Å²) in [6.45, 7) is 8.87. The molecular formula is C23H33IN4O3S. The highest BCUT2D eigenvalue weighted by Gasteiger charge is 2.12. The van der Waals surface area contributed by atoms with E-state index in [1.54, 1.807) is 27.0 Å². The van der Waals surface area contributed by atoms with Gasteiger partial charge in [0.1, 0.15) is 12.4 Å². The summed E-state index contributed by atoms with van der Waals surface area (Å²) in [5.74, 6) is 1.43. The van der Waals surface area contributed by atoms with Gasteiger partial charge >= 0.3 is 0 Å². The largest absolute Gasteiger partial charge is 0.489 e. The maximum absolute atomic E-state index is 12.1. The van der Waals surface area contributed by atoms with Crippen LogP contribution in [0.5, 0.6) is 5.75 Å². The molecule has 9 heteroatoms. The van der Waals surface area contributed by atoms with Crippen molar-refractivity contribution in [2.75, 3.05) is 13.7 Å². The Morgan fingerprint density at radius 3 is 2.31 bits per heavy atom. The van der Waals surface area contributed by atoms with E-state index in [9.17, 15) is 8.42 Å². The number of rotatable bonds is 11. The first-order chi connectivity index (χ1) is 14.8. The number of sulfonamides is 1. The molecule has 0 aliphatic rings. The molecule has 0 bridgehead atoms. The third kappa shape index (κ3) is 10.0. The van der Waals surface area contributed by atoms with Crippen LogP contribution >= 0.6 is 24.0 Å². The van der Waals surface area contributed by atoms with Gasteiger partial charge in [-0.3, -0.25) is 4.99 Å². The van der Waals surface area contributed by atoms with Crippen LogP contribution in [0.25, 0.3) is 0 Å². The second kappa shape index (κ2) is 14.1. The van der Waals surface area contributed by atoms with Crippen LogP contribution in [0.15, 0.2) is 66.2 Å². The van der Waals surface area contributed by atoms with E-state index in [1.807, 2.05) is 48.5 Å². The molecule has 0 aliphatic heterocycles. The van der Waals surface area contributed by atoms with Crippen molar-refractivity contribution in [2.24, 2.45) is 4.99 Å². The molecule has 0 atom stereocenters. The quantitative estimate of drug-likeness (QED) is 0.166. The van der Waals surface area contributed by atoms with Crippen molar-refractivity contribution in [3.63, 3.8) is 0 Å². The van der Waals surface area contributed by atoms with Gasteiger partial charge < -0.3 is 15.4 Å². The first-order valence-corrected chi connectivity index (χ1v) is 11.8. The van der Waals surface area contributed by atoms with Gasteiger partial charge in [-0.15, -0.1) is 24.0 Å². The van der Waals surface area contributed by atoms with Gasteiger partial charge in [-0.1, -0.05) is 55.1 Å². The van der Waals surface area contributed by atoms with Crippen LogP contribution in [0, 0.1) is 0 Å². The summed E-state index contributed by atoms with van der Waals surface area (Å²) < 4.78 is 32.4. The average Bonchev–Trinajstić information content (AvgIpc) is 2.73. The molecule has 176 valence electrons. The maximum atomic E-state index is 12.1. The second-order valence-electron chi connectivity index (χ2n) is 7.33. The van der Waals surface area contributed by atoms with Gasteiger partial charge in [-0.2, -0.15) is 0 Å². The van der Waals surface area contributed by atoms with Crippen LogP contribution in [0.1, 0.15) is 30.5 Å². The number of guanidine groups is 1. The molecule has 3 N–H and O–H groups in total. The molecule has 0 heterocycles. The average molecular weight is 573 g/mol. The Labute approximate surface area is 208 Å². The van der Waals surface area contributed by atoms with Crippen LogP contribution in [0.4, 0.5) is 0 Å². The highest BCUT2D eigenvalue weighted by atomic mass is 127. The zero-order valence-corrected chi connectivity index (χ0v) is 21.9. The number of benzene rings is 2. The van der Waals surface area contributed by atoms with Gasteiger partial charge in [0.05, 0.1) is 5.75 Å². The highest BCUT2D eigenvalue weighted by molar-refractivity contribution is 14.0. The molecule has 0 unspecified atom stereocenters. The smallest absolute Gasteiger partial charge is 0.216 e. The Bertz CT molecular complexity index is 977. The Morgan fingerprint density at radius 2 is 1.69 bits per heavy atom. The molecule has 0 aromatic heterocycles. The first-order valence-electron chi connectivity index (χ1n) is 10.2. The first kappa shape index (κ1) is 27.9. The summed E-state index contributed by atoms with van der Waals surface area (Å²) in [6, 6.07) is 15.2. The summed E-state index contributed by atoms with van der Waals surface area (Å²) in [7, 11) is -1.62. The highest BCUT2D eigenvalue weighted by Crippen LogP contribution is 2.17. The van der Waals surface area contributed by atoms with Gasteiger partial charge in [0.25, 0.3) is 0 Å². The number of nitrogens with one attached hydrogen (secondary N) is 3. The Kier molecular flexibility index (Phi) is 12.3. The van der Waals surface area contributed by atoms with E-state index < -0.39 is 10.0 Å². The second-order valence-corrected chi connectivity index (χ2v) is 9.09. The molecule has 0 spiro atoms. The minimum atomic E-state index is -3.33. The van der Waals surface area contributed by atoms with Gasteiger partial charge in [0.15, 0.2) is 5.96 Å². The zero-order valence-electron chi connectivity index (χ0n) is 18.8. The third-order valence-corrected chi connectivity index (χ3v) is 5.80. The molecular weight excluding hydrogens is 539 g/mol. The maximum Gasteiger partial charge on any atom is 0.216 e. The van der Waals surface area contributed by atoms with Crippen molar-refractivity contribution >= 4 is 40.0 Å². The number of aliphatic imine (C=N–C) groups is 1. The molecule has 0 saturated heterocycles. The number of ether oxygens (including phenoxy) is 1.